The largest absolute Gasteiger partial charge is 0.465 e. The van der Waals surface area contributed by atoms with Crippen LogP contribution in [-0.2, 0) is 14.3 Å². The summed E-state index contributed by atoms with van der Waals surface area (Å²) in [7, 11) is 0. The van der Waals surface area contributed by atoms with Gasteiger partial charge in [0.25, 0.3) is 0 Å². The topological polar surface area (TPSA) is 58.6 Å². The van der Waals surface area contributed by atoms with Crippen LogP contribution in [0.4, 0.5) is 0 Å². The van der Waals surface area contributed by atoms with E-state index in [2.05, 4.69) is 5.32 Å². The van der Waals surface area contributed by atoms with Crippen molar-refractivity contribution in [3.63, 3.8) is 0 Å². The van der Waals surface area contributed by atoms with Gasteiger partial charge in [0.15, 0.2) is 0 Å². The molecule has 5 heteroatoms. The first-order chi connectivity index (χ1) is 8.96. The average molecular weight is 270 g/mol. The maximum atomic E-state index is 12.7. The van der Waals surface area contributed by atoms with Crippen molar-refractivity contribution in [3.8, 4) is 0 Å². The van der Waals surface area contributed by atoms with E-state index in [0.29, 0.717) is 6.61 Å². The summed E-state index contributed by atoms with van der Waals surface area (Å²) in [5.41, 5.74) is -0.489. The highest BCUT2D eigenvalue weighted by molar-refractivity contribution is 5.89. The molecular weight excluding hydrogens is 244 g/mol. The molecule has 1 aliphatic heterocycles. The van der Waals surface area contributed by atoms with Crippen molar-refractivity contribution in [3.05, 3.63) is 0 Å². The molecule has 1 heterocycles. The van der Waals surface area contributed by atoms with E-state index < -0.39 is 5.54 Å². The zero-order valence-electron chi connectivity index (χ0n) is 12.5. The van der Waals surface area contributed by atoms with Gasteiger partial charge in [0.05, 0.1) is 12.1 Å². The molecule has 1 unspecified atom stereocenters. The SMILES string of the molecule is CCOC(=O)CN(C(=O)C1(CC)CCCN1)C(C)C. The van der Waals surface area contributed by atoms with Gasteiger partial charge in [-0.05, 0) is 46.6 Å². The van der Waals surface area contributed by atoms with Crippen molar-refractivity contribution < 1.29 is 14.3 Å². The monoisotopic (exact) mass is 270 g/mol. The van der Waals surface area contributed by atoms with Crippen LogP contribution >= 0.6 is 0 Å². The summed E-state index contributed by atoms with van der Waals surface area (Å²) in [6, 6.07) is -0.0114. The highest BCUT2D eigenvalue weighted by atomic mass is 16.5. The van der Waals surface area contributed by atoms with E-state index in [-0.39, 0.29) is 24.5 Å². The molecule has 0 spiro atoms. The molecule has 0 radical (unpaired) electrons. The van der Waals surface area contributed by atoms with Gasteiger partial charge in [-0.15, -0.1) is 0 Å². The molecule has 0 aliphatic carbocycles. The van der Waals surface area contributed by atoms with Gasteiger partial charge in [-0.3, -0.25) is 9.59 Å². The van der Waals surface area contributed by atoms with Gasteiger partial charge in [0.2, 0.25) is 5.91 Å². The molecule has 0 saturated carbocycles. The first kappa shape index (κ1) is 16.0. The van der Waals surface area contributed by atoms with Gasteiger partial charge in [-0.1, -0.05) is 6.92 Å². The van der Waals surface area contributed by atoms with Crippen molar-refractivity contribution in [1.82, 2.24) is 10.2 Å². The Balaban J connectivity index is 2.80. The van der Waals surface area contributed by atoms with Crippen LogP contribution in [0.15, 0.2) is 0 Å². The van der Waals surface area contributed by atoms with Crippen molar-refractivity contribution >= 4 is 11.9 Å². The smallest absolute Gasteiger partial charge is 0.325 e. The van der Waals surface area contributed by atoms with E-state index in [1.165, 1.54) is 0 Å². The minimum Gasteiger partial charge on any atom is -0.465 e. The van der Waals surface area contributed by atoms with E-state index in [1.54, 1.807) is 11.8 Å². The second-order valence-electron chi connectivity index (χ2n) is 5.30. The van der Waals surface area contributed by atoms with Crippen molar-refractivity contribution in [2.75, 3.05) is 19.7 Å². The number of nitrogens with zero attached hydrogens (tertiary/aromatic N) is 1. The summed E-state index contributed by atoms with van der Waals surface area (Å²) in [4.78, 5) is 26.0. The predicted octanol–water partition coefficient (Wildman–Crippen LogP) is 1.32. The van der Waals surface area contributed by atoms with Crippen molar-refractivity contribution in [2.24, 2.45) is 0 Å². The van der Waals surface area contributed by atoms with Crippen LogP contribution in [0, 0.1) is 0 Å². The lowest BCUT2D eigenvalue weighted by Gasteiger charge is -2.35. The summed E-state index contributed by atoms with van der Waals surface area (Å²) >= 11 is 0. The molecule has 110 valence electrons. The van der Waals surface area contributed by atoms with Crippen LogP contribution in [0.1, 0.15) is 47.0 Å². The van der Waals surface area contributed by atoms with Gasteiger partial charge in [0, 0.05) is 6.04 Å². The second kappa shape index (κ2) is 6.89. The lowest BCUT2D eigenvalue weighted by Crippen LogP contribution is -2.57. The Morgan fingerprint density at radius 3 is 2.47 bits per heavy atom. The standard InChI is InChI=1S/C14H26N2O3/c1-5-14(8-7-9-15-14)13(18)16(11(3)4)10-12(17)19-6-2/h11,15H,5-10H2,1-4H3. The normalized spacial score (nSPS) is 22.6. The molecule has 0 aromatic heterocycles. The number of carbonyl (C=O) groups is 2. The number of nitrogens with one attached hydrogen (secondary N) is 1. The Kier molecular flexibility index (Phi) is 5.79. The van der Waals surface area contributed by atoms with E-state index in [4.69, 9.17) is 4.74 Å². The highest BCUT2D eigenvalue weighted by Gasteiger charge is 2.42. The molecule has 1 saturated heterocycles. The molecule has 1 aliphatic rings. The second-order valence-corrected chi connectivity index (χ2v) is 5.30. The maximum Gasteiger partial charge on any atom is 0.325 e. The third-order valence-electron chi connectivity index (χ3n) is 3.75. The summed E-state index contributed by atoms with van der Waals surface area (Å²) in [6.07, 6.45) is 2.59. The van der Waals surface area contributed by atoms with Crippen LogP contribution in [0.3, 0.4) is 0 Å². The van der Waals surface area contributed by atoms with Gasteiger partial charge >= 0.3 is 5.97 Å². The van der Waals surface area contributed by atoms with E-state index in [9.17, 15) is 9.59 Å². The third kappa shape index (κ3) is 3.69. The highest BCUT2D eigenvalue weighted by Crippen LogP contribution is 2.26. The van der Waals surface area contributed by atoms with Gasteiger partial charge in [-0.2, -0.15) is 0 Å². The zero-order chi connectivity index (χ0) is 14.5. The Morgan fingerprint density at radius 2 is 2.05 bits per heavy atom. The number of hydrogen-bond acceptors (Lipinski definition) is 4. The molecule has 1 fully saturated rings. The molecule has 5 nitrogen and oxygen atoms in total. The molecule has 0 aromatic carbocycles. The Labute approximate surface area is 115 Å². The molecule has 0 bridgehead atoms. The number of hydrogen-bond donors (Lipinski definition) is 1. The quantitative estimate of drug-likeness (QED) is 0.740. The fourth-order valence-corrected chi connectivity index (χ4v) is 2.55. The number of ether oxygens (including phenoxy) is 1. The molecular formula is C14H26N2O3. The van der Waals surface area contributed by atoms with Crippen LogP contribution in [-0.4, -0.2) is 48.1 Å². The summed E-state index contributed by atoms with van der Waals surface area (Å²) < 4.78 is 4.95. The summed E-state index contributed by atoms with van der Waals surface area (Å²) in [6.45, 7) is 8.88. The Bertz CT molecular complexity index is 323. The van der Waals surface area contributed by atoms with Crippen LogP contribution < -0.4 is 5.32 Å². The van der Waals surface area contributed by atoms with E-state index >= 15 is 0 Å². The predicted molar refractivity (Wildman–Crippen MR) is 73.7 cm³/mol. The molecule has 19 heavy (non-hydrogen) atoms. The van der Waals surface area contributed by atoms with Crippen LogP contribution in [0.5, 0.6) is 0 Å². The van der Waals surface area contributed by atoms with E-state index in [0.717, 1.165) is 25.8 Å². The average Bonchev–Trinajstić information content (AvgIpc) is 2.85. The lowest BCUT2D eigenvalue weighted by molar-refractivity contribution is -0.152. The maximum absolute atomic E-state index is 12.7. The number of rotatable bonds is 6. The lowest BCUT2D eigenvalue weighted by atomic mass is 9.92. The van der Waals surface area contributed by atoms with E-state index in [1.807, 2.05) is 20.8 Å². The first-order valence-electron chi connectivity index (χ1n) is 7.18. The minimum absolute atomic E-state index is 0.0114. The van der Waals surface area contributed by atoms with Crippen molar-refractivity contribution in [1.29, 1.82) is 0 Å². The minimum atomic E-state index is -0.489. The number of amides is 1. The van der Waals surface area contributed by atoms with Crippen LogP contribution in [0.2, 0.25) is 0 Å². The fraction of sp³-hybridized carbons (Fsp3) is 0.857. The number of carbonyl (C=O) groups excluding carboxylic acids is 2. The van der Waals surface area contributed by atoms with Crippen LogP contribution in [0.25, 0.3) is 0 Å². The number of esters is 1. The van der Waals surface area contributed by atoms with Gasteiger partial charge < -0.3 is 15.0 Å². The Hall–Kier alpha value is -1.10. The summed E-state index contributed by atoms with van der Waals surface area (Å²) in [5.74, 6) is -0.315. The zero-order valence-corrected chi connectivity index (χ0v) is 12.5. The van der Waals surface area contributed by atoms with Crippen molar-refractivity contribution in [2.45, 2.75) is 58.5 Å². The fourth-order valence-electron chi connectivity index (χ4n) is 2.55. The third-order valence-corrected chi connectivity index (χ3v) is 3.75. The molecule has 1 rings (SSSR count). The van der Waals surface area contributed by atoms with Gasteiger partial charge in [0.1, 0.15) is 6.54 Å². The molecule has 1 N–H and O–H groups in total. The van der Waals surface area contributed by atoms with Gasteiger partial charge in [-0.25, -0.2) is 0 Å². The molecule has 0 aromatic rings. The Morgan fingerprint density at radius 1 is 1.37 bits per heavy atom. The summed E-state index contributed by atoms with van der Waals surface area (Å²) in [5, 5.41) is 3.32. The molecule has 1 atom stereocenters. The molecule has 1 amide bonds. The first-order valence-corrected chi connectivity index (χ1v) is 7.18.